The van der Waals surface area contributed by atoms with E-state index in [-0.39, 0.29) is 5.56 Å². The van der Waals surface area contributed by atoms with Gasteiger partial charge in [0.25, 0.3) is 5.56 Å². The Balaban J connectivity index is 1.37. The summed E-state index contributed by atoms with van der Waals surface area (Å²) in [6.45, 7) is 1.88. The quantitative estimate of drug-likeness (QED) is 0.529. The van der Waals surface area contributed by atoms with E-state index >= 15 is 0 Å². The van der Waals surface area contributed by atoms with Gasteiger partial charge in [-0.2, -0.15) is 0 Å². The van der Waals surface area contributed by atoms with E-state index < -0.39 is 0 Å². The Kier molecular flexibility index (Phi) is 4.90. The van der Waals surface area contributed by atoms with E-state index in [1.165, 1.54) is 0 Å². The third kappa shape index (κ3) is 3.65. The fourth-order valence-corrected chi connectivity index (χ4v) is 3.90. The number of fused-ring (bicyclic) bond motifs is 1. The van der Waals surface area contributed by atoms with E-state index in [4.69, 9.17) is 11.6 Å². The van der Waals surface area contributed by atoms with Crippen molar-refractivity contribution >= 4 is 11.6 Å². The fraction of sp³-hybridized carbons (Fsp3) is 0.182. The minimum atomic E-state index is -0.107. The van der Waals surface area contributed by atoms with Crippen LogP contribution in [0, 0.1) is 0 Å². The minimum absolute atomic E-state index is 0.107. The Bertz CT molecular complexity index is 1240. The van der Waals surface area contributed by atoms with Crippen LogP contribution in [-0.2, 0) is 19.5 Å². The Hall–Kier alpha value is -3.29. The molecule has 0 aliphatic carbocycles. The first-order chi connectivity index (χ1) is 14.7. The summed E-state index contributed by atoms with van der Waals surface area (Å²) < 4.78 is 0. The van der Waals surface area contributed by atoms with Gasteiger partial charge in [0.05, 0.1) is 17.0 Å². The monoisotopic (exact) mass is 418 g/mol. The van der Waals surface area contributed by atoms with Crippen molar-refractivity contribution in [3.63, 3.8) is 0 Å². The molecule has 0 saturated carbocycles. The highest BCUT2D eigenvalue weighted by atomic mass is 35.5. The van der Waals surface area contributed by atoms with Gasteiger partial charge in [-0.1, -0.05) is 41.9 Å². The van der Waals surface area contributed by atoms with Crippen molar-refractivity contribution in [2.75, 3.05) is 6.54 Å². The first-order valence-corrected chi connectivity index (χ1v) is 10.1. The zero-order valence-corrected chi connectivity index (χ0v) is 16.9. The van der Waals surface area contributed by atoms with Crippen LogP contribution in [0.2, 0.25) is 5.15 Å². The molecule has 0 amide bonds. The predicted octanol–water partition coefficient (Wildman–Crippen LogP) is 3.43. The van der Waals surface area contributed by atoms with Gasteiger partial charge in [-0.15, -0.1) is 0 Å². The largest absolute Gasteiger partial charge is 0.339 e. The lowest BCUT2D eigenvalue weighted by Crippen LogP contribution is -2.35. The lowest BCUT2D eigenvalue weighted by atomic mass is 10.1. The van der Waals surface area contributed by atoms with Gasteiger partial charge < -0.3 is 9.97 Å². The highest BCUT2D eigenvalue weighted by Crippen LogP contribution is 2.24. The number of rotatable bonds is 4. The summed E-state index contributed by atoms with van der Waals surface area (Å²) in [5, 5.41) is 0.457. The maximum Gasteiger partial charge on any atom is 0.255 e. The molecule has 2 N–H and O–H groups in total. The van der Waals surface area contributed by atoms with E-state index in [9.17, 15) is 4.79 Å². The molecule has 4 aromatic rings. The van der Waals surface area contributed by atoms with Gasteiger partial charge in [-0.05, 0) is 12.1 Å². The molecule has 8 heteroatoms. The number of aromatic nitrogens is 5. The second-order valence-corrected chi connectivity index (χ2v) is 7.62. The Morgan fingerprint density at radius 1 is 1.00 bits per heavy atom. The Labute approximate surface area is 177 Å². The number of benzene rings is 1. The van der Waals surface area contributed by atoms with Crippen molar-refractivity contribution < 1.29 is 0 Å². The standard InChI is InChI=1S/C22H19ClN6O/c23-19-18(26-20(27-19)14-5-2-1-3-6-14)13-29-10-8-17-16(12-29)22(30)28-21(25-17)15-7-4-9-24-11-15/h1-7,9,11H,8,10,12-13H2,(H,26,27)(H,25,28,30). The molecule has 0 atom stereocenters. The van der Waals surface area contributed by atoms with Gasteiger partial charge in [0, 0.05) is 49.6 Å². The molecule has 0 fully saturated rings. The highest BCUT2D eigenvalue weighted by molar-refractivity contribution is 6.30. The molecule has 0 unspecified atom stereocenters. The van der Waals surface area contributed by atoms with Gasteiger partial charge in [0.15, 0.2) is 5.15 Å². The van der Waals surface area contributed by atoms with Gasteiger partial charge >= 0.3 is 0 Å². The summed E-state index contributed by atoms with van der Waals surface area (Å²) in [7, 11) is 0. The van der Waals surface area contributed by atoms with E-state index in [2.05, 4.69) is 29.8 Å². The number of halogens is 1. The number of imidazole rings is 1. The molecule has 30 heavy (non-hydrogen) atoms. The van der Waals surface area contributed by atoms with Gasteiger partial charge in [-0.25, -0.2) is 9.97 Å². The lowest BCUT2D eigenvalue weighted by Gasteiger charge is -2.27. The van der Waals surface area contributed by atoms with Crippen LogP contribution in [0.3, 0.4) is 0 Å². The van der Waals surface area contributed by atoms with Crippen LogP contribution >= 0.6 is 11.6 Å². The summed E-state index contributed by atoms with van der Waals surface area (Å²) in [6.07, 6.45) is 4.09. The first kappa shape index (κ1) is 18.7. The molecule has 3 aromatic heterocycles. The van der Waals surface area contributed by atoms with Crippen LogP contribution in [0.5, 0.6) is 0 Å². The SMILES string of the molecule is O=c1[nH]c(-c2cccnc2)nc2c1CN(Cc1[nH]c(-c3ccccc3)nc1Cl)CC2. The highest BCUT2D eigenvalue weighted by Gasteiger charge is 2.23. The van der Waals surface area contributed by atoms with Crippen LogP contribution in [0.15, 0.2) is 59.7 Å². The second-order valence-electron chi connectivity index (χ2n) is 7.26. The summed E-state index contributed by atoms with van der Waals surface area (Å²) in [6, 6.07) is 13.6. The molecule has 150 valence electrons. The average Bonchev–Trinajstić information content (AvgIpc) is 3.15. The molecule has 4 heterocycles. The summed E-state index contributed by atoms with van der Waals surface area (Å²) in [5.41, 5.74) is 4.07. The zero-order chi connectivity index (χ0) is 20.5. The molecule has 0 bridgehead atoms. The third-order valence-electron chi connectivity index (χ3n) is 5.24. The molecule has 1 aliphatic heterocycles. The van der Waals surface area contributed by atoms with Crippen LogP contribution in [-0.4, -0.2) is 36.4 Å². The topological polar surface area (TPSA) is 90.6 Å². The number of nitrogens with zero attached hydrogens (tertiary/aromatic N) is 4. The number of aromatic amines is 2. The van der Waals surface area contributed by atoms with E-state index in [0.717, 1.165) is 34.9 Å². The zero-order valence-electron chi connectivity index (χ0n) is 16.1. The molecular formula is C22H19ClN6O. The van der Waals surface area contributed by atoms with Crippen molar-refractivity contribution in [2.45, 2.75) is 19.5 Å². The number of hydrogen-bond donors (Lipinski definition) is 2. The van der Waals surface area contributed by atoms with Crippen LogP contribution < -0.4 is 5.56 Å². The van der Waals surface area contributed by atoms with Crippen molar-refractivity contribution in [2.24, 2.45) is 0 Å². The van der Waals surface area contributed by atoms with Crippen LogP contribution in [0.25, 0.3) is 22.8 Å². The molecule has 7 nitrogen and oxygen atoms in total. The Morgan fingerprint density at radius 2 is 1.80 bits per heavy atom. The van der Waals surface area contributed by atoms with E-state index in [0.29, 0.717) is 36.1 Å². The number of nitrogens with one attached hydrogen (secondary N) is 2. The predicted molar refractivity (Wildman–Crippen MR) is 115 cm³/mol. The van der Waals surface area contributed by atoms with Gasteiger partial charge in [0.1, 0.15) is 11.6 Å². The van der Waals surface area contributed by atoms with Crippen LogP contribution in [0.4, 0.5) is 0 Å². The van der Waals surface area contributed by atoms with Crippen LogP contribution in [0.1, 0.15) is 17.0 Å². The molecular weight excluding hydrogens is 400 g/mol. The van der Waals surface area contributed by atoms with E-state index in [1.807, 2.05) is 42.5 Å². The summed E-state index contributed by atoms with van der Waals surface area (Å²) >= 11 is 6.38. The number of pyridine rings is 1. The third-order valence-corrected chi connectivity index (χ3v) is 5.55. The van der Waals surface area contributed by atoms with Gasteiger partial charge in [0.2, 0.25) is 0 Å². The molecule has 5 rings (SSSR count). The fourth-order valence-electron chi connectivity index (χ4n) is 3.70. The molecule has 0 saturated heterocycles. The van der Waals surface area contributed by atoms with Crippen molar-refractivity contribution in [1.82, 2.24) is 29.8 Å². The van der Waals surface area contributed by atoms with Crippen molar-refractivity contribution in [3.8, 4) is 22.8 Å². The maximum atomic E-state index is 12.7. The van der Waals surface area contributed by atoms with Crippen molar-refractivity contribution in [1.29, 1.82) is 0 Å². The lowest BCUT2D eigenvalue weighted by molar-refractivity contribution is 0.239. The molecule has 0 radical (unpaired) electrons. The number of hydrogen-bond acceptors (Lipinski definition) is 5. The molecule has 1 aromatic carbocycles. The van der Waals surface area contributed by atoms with E-state index in [1.54, 1.807) is 12.4 Å². The van der Waals surface area contributed by atoms with Gasteiger partial charge in [-0.3, -0.25) is 14.7 Å². The average molecular weight is 419 g/mol. The normalized spacial score (nSPS) is 13.9. The Morgan fingerprint density at radius 3 is 2.60 bits per heavy atom. The summed E-state index contributed by atoms with van der Waals surface area (Å²) in [4.78, 5) is 34.3. The van der Waals surface area contributed by atoms with Crippen molar-refractivity contribution in [3.05, 3.63) is 87.3 Å². The summed E-state index contributed by atoms with van der Waals surface area (Å²) in [5.74, 6) is 1.30. The minimum Gasteiger partial charge on any atom is -0.339 e. The second kappa shape index (κ2) is 7.85. The smallest absolute Gasteiger partial charge is 0.255 e. The maximum absolute atomic E-state index is 12.7. The first-order valence-electron chi connectivity index (χ1n) is 9.72. The molecule has 1 aliphatic rings. The number of H-pyrrole nitrogens is 2. The molecule has 0 spiro atoms.